The monoisotopic (exact) mass is 348 g/mol. The predicted molar refractivity (Wildman–Crippen MR) is 105 cm³/mol. The first-order chi connectivity index (χ1) is 12.3. The topological polar surface area (TPSA) is 72.9 Å². The maximum atomic E-state index is 11.7. The Morgan fingerprint density at radius 3 is 2.46 bits per heavy atom. The van der Waals surface area contributed by atoms with Crippen molar-refractivity contribution in [1.29, 1.82) is 0 Å². The van der Waals surface area contributed by atoms with E-state index in [1.807, 2.05) is 48.0 Å². The Morgan fingerprint density at radius 2 is 1.81 bits per heavy atom. The fourth-order valence-electron chi connectivity index (χ4n) is 2.74. The first-order valence-electron chi connectivity index (χ1n) is 8.59. The van der Waals surface area contributed by atoms with Crippen LogP contribution in [0, 0.1) is 6.92 Å². The molecule has 3 rings (SSSR count). The molecule has 26 heavy (non-hydrogen) atoms. The molecule has 0 aliphatic heterocycles. The number of rotatable bonds is 4. The van der Waals surface area contributed by atoms with E-state index in [9.17, 15) is 4.79 Å². The first-order valence-corrected chi connectivity index (χ1v) is 8.59. The molecule has 0 saturated carbocycles. The zero-order chi connectivity index (χ0) is 18.9. The van der Waals surface area contributed by atoms with Crippen LogP contribution in [0.5, 0.6) is 0 Å². The zero-order valence-electron chi connectivity index (χ0n) is 15.6. The Bertz CT molecular complexity index is 951. The van der Waals surface area contributed by atoms with Gasteiger partial charge in [0.15, 0.2) is 0 Å². The summed E-state index contributed by atoms with van der Waals surface area (Å²) in [6, 6.07) is 17.4. The average Bonchev–Trinajstić information content (AvgIpc) is 2.99. The molecule has 3 N–H and O–H groups in total. The Labute approximate surface area is 153 Å². The highest BCUT2D eigenvalue weighted by molar-refractivity contribution is 5.99. The maximum absolute atomic E-state index is 11.7. The van der Waals surface area contributed by atoms with Crippen molar-refractivity contribution < 1.29 is 4.79 Å². The second kappa shape index (κ2) is 6.67. The molecular weight excluding hydrogens is 324 g/mol. The lowest BCUT2D eigenvalue weighted by atomic mass is 9.92. The highest BCUT2D eigenvalue weighted by Gasteiger charge is 2.21. The molecule has 0 radical (unpaired) electrons. The van der Waals surface area contributed by atoms with Crippen molar-refractivity contribution in [2.45, 2.75) is 33.1 Å². The smallest absolute Gasteiger partial charge is 0.250 e. The molecule has 1 amide bonds. The summed E-state index contributed by atoms with van der Waals surface area (Å²) in [7, 11) is 0. The van der Waals surface area contributed by atoms with Crippen LogP contribution in [0.15, 0.2) is 54.6 Å². The van der Waals surface area contributed by atoms with Gasteiger partial charge in [-0.2, -0.15) is 5.10 Å². The molecule has 0 bridgehead atoms. The van der Waals surface area contributed by atoms with E-state index in [4.69, 9.17) is 10.8 Å². The third-order valence-electron chi connectivity index (χ3n) is 4.18. The van der Waals surface area contributed by atoms with Gasteiger partial charge in [-0.05, 0) is 36.8 Å². The number of para-hydroxylation sites is 1. The Balaban J connectivity index is 2.12. The number of hydrogen-bond donors (Lipinski definition) is 2. The number of primary amides is 1. The summed E-state index contributed by atoms with van der Waals surface area (Å²) < 4.78 is 1.87. The fraction of sp³-hybridized carbons (Fsp3) is 0.238. The molecule has 134 valence electrons. The van der Waals surface area contributed by atoms with Crippen LogP contribution in [0.1, 0.15) is 42.4 Å². The molecule has 0 aliphatic rings. The van der Waals surface area contributed by atoms with Crippen molar-refractivity contribution in [2.75, 3.05) is 5.32 Å². The Hall–Kier alpha value is -3.08. The van der Waals surface area contributed by atoms with Crippen LogP contribution in [0.3, 0.4) is 0 Å². The zero-order valence-corrected chi connectivity index (χ0v) is 15.6. The number of nitrogens with zero attached hydrogens (tertiary/aromatic N) is 2. The minimum atomic E-state index is -0.467. The third kappa shape index (κ3) is 3.61. The van der Waals surface area contributed by atoms with Crippen molar-refractivity contribution in [3.05, 3.63) is 71.4 Å². The number of hydrogen-bond acceptors (Lipinski definition) is 3. The van der Waals surface area contributed by atoms with E-state index in [1.165, 1.54) is 0 Å². The van der Waals surface area contributed by atoms with Gasteiger partial charge in [0.2, 0.25) is 0 Å². The summed E-state index contributed by atoms with van der Waals surface area (Å²) in [6.45, 7) is 8.41. The number of nitrogens with one attached hydrogen (secondary N) is 1. The summed E-state index contributed by atoms with van der Waals surface area (Å²) in [5, 5.41) is 8.13. The van der Waals surface area contributed by atoms with E-state index in [2.05, 4.69) is 32.2 Å². The van der Waals surface area contributed by atoms with E-state index in [-0.39, 0.29) is 5.41 Å². The SMILES string of the molecule is Cc1cccc(-n2nc(C(C)(C)C)cc2Nc2ccccc2C(N)=O)c1. The van der Waals surface area contributed by atoms with Crippen LogP contribution in [-0.4, -0.2) is 15.7 Å². The summed E-state index contributed by atoms with van der Waals surface area (Å²) in [5.41, 5.74) is 9.58. The van der Waals surface area contributed by atoms with Gasteiger partial charge in [0.25, 0.3) is 5.91 Å². The molecule has 2 aromatic carbocycles. The standard InChI is InChI=1S/C21H24N4O/c1-14-8-7-9-15(12-14)25-19(13-18(24-25)21(2,3)4)23-17-11-6-5-10-16(17)20(22)26/h5-13,23H,1-4H3,(H2,22,26). The van der Waals surface area contributed by atoms with Gasteiger partial charge in [-0.25, -0.2) is 4.68 Å². The van der Waals surface area contributed by atoms with Gasteiger partial charge in [0, 0.05) is 11.5 Å². The van der Waals surface area contributed by atoms with Gasteiger partial charge in [0.1, 0.15) is 5.82 Å². The molecule has 1 heterocycles. The van der Waals surface area contributed by atoms with Crippen LogP contribution >= 0.6 is 0 Å². The van der Waals surface area contributed by atoms with Gasteiger partial charge < -0.3 is 11.1 Å². The molecule has 0 aliphatic carbocycles. The molecule has 0 saturated heterocycles. The third-order valence-corrected chi connectivity index (χ3v) is 4.18. The van der Waals surface area contributed by atoms with Crippen molar-refractivity contribution >= 4 is 17.4 Å². The van der Waals surface area contributed by atoms with Crippen LogP contribution in [0.25, 0.3) is 5.69 Å². The normalized spacial score (nSPS) is 11.4. The van der Waals surface area contributed by atoms with Crippen LogP contribution in [0.4, 0.5) is 11.5 Å². The number of carbonyl (C=O) groups excluding carboxylic acids is 1. The predicted octanol–water partition coefficient (Wildman–Crippen LogP) is 4.32. The summed E-state index contributed by atoms with van der Waals surface area (Å²) >= 11 is 0. The molecule has 3 aromatic rings. The molecular formula is C21H24N4O. The van der Waals surface area contributed by atoms with Gasteiger partial charge in [-0.15, -0.1) is 0 Å². The lowest BCUT2D eigenvalue weighted by Gasteiger charge is -2.14. The highest BCUT2D eigenvalue weighted by atomic mass is 16.1. The largest absolute Gasteiger partial charge is 0.366 e. The van der Waals surface area contributed by atoms with Crippen molar-refractivity contribution in [3.8, 4) is 5.69 Å². The van der Waals surface area contributed by atoms with Crippen LogP contribution < -0.4 is 11.1 Å². The summed E-state index contributed by atoms with van der Waals surface area (Å²) in [5.74, 6) is 0.319. The number of aromatic nitrogens is 2. The first kappa shape index (κ1) is 17.7. The number of benzene rings is 2. The number of nitrogens with two attached hydrogens (primary N) is 1. The Kier molecular flexibility index (Phi) is 4.55. The van der Waals surface area contributed by atoms with Gasteiger partial charge >= 0.3 is 0 Å². The van der Waals surface area contributed by atoms with Gasteiger partial charge in [-0.1, -0.05) is 45.0 Å². The maximum Gasteiger partial charge on any atom is 0.250 e. The number of amides is 1. The van der Waals surface area contributed by atoms with E-state index in [0.29, 0.717) is 11.3 Å². The molecule has 0 fully saturated rings. The van der Waals surface area contributed by atoms with E-state index in [1.54, 1.807) is 12.1 Å². The lowest BCUT2D eigenvalue weighted by molar-refractivity contribution is 0.100. The second-order valence-corrected chi connectivity index (χ2v) is 7.45. The molecule has 1 aromatic heterocycles. The van der Waals surface area contributed by atoms with E-state index in [0.717, 1.165) is 22.8 Å². The quantitative estimate of drug-likeness (QED) is 0.737. The van der Waals surface area contributed by atoms with Crippen molar-refractivity contribution in [1.82, 2.24) is 9.78 Å². The molecule has 5 nitrogen and oxygen atoms in total. The number of anilines is 2. The number of carbonyl (C=O) groups is 1. The summed E-state index contributed by atoms with van der Waals surface area (Å²) in [6.07, 6.45) is 0. The van der Waals surface area contributed by atoms with E-state index >= 15 is 0 Å². The molecule has 0 spiro atoms. The van der Waals surface area contributed by atoms with E-state index < -0.39 is 5.91 Å². The Morgan fingerprint density at radius 1 is 1.08 bits per heavy atom. The van der Waals surface area contributed by atoms with Crippen LogP contribution in [0.2, 0.25) is 0 Å². The summed E-state index contributed by atoms with van der Waals surface area (Å²) in [4.78, 5) is 11.7. The molecule has 5 heteroatoms. The molecule has 0 unspecified atom stereocenters. The molecule has 0 atom stereocenters. The number of aryl methyl sites for hydroxylation is 1. The highest BCUT2D eigenvalue weighted by Crippen LogP contribution is 2.29. The minimum Gasteiger partial charge on any atom is -0.366 e. The second-order valence-electron chi connectivity index (χ2n) is 7.45. The minimum absolute atomic E-state index is 0.102. The van der Waals surface area contributed by atoms with Crippen molar-refractivity contribution in [3.63, 3.8) is 0 Å². The van der Waals surface area contributed by atoms with Gasteiger partial charge in [0.05, 0.1) is 22.6 Å². The lowest BCUT2D eigenvalue weighted by Crippen LogP contribution is -2.14. The average molecular weight is 348 g/mol. The fourth-order valence-corrected chi connectivity index (χ4v) is 2.74. The van der Waals surface area contributed by atoms with Crippen LogP contribution in [-0.2, 0) is 5.41 Å². The van der Waals surface area contributed by atoms with Gasteiger partial charge in [-0.3, -0.25) is 4.79 Å². The van der Waals surface area contributed by atoms with Crippen molar-refractivity contribution in [2.24, 2.45) is 5.73 Å².